The van der Waals surface area contributed by atoms with E-state index in [-0.39, 0.29) is 12.3 Å². The summed E-state index contributed by atoms with van der Waals surface area (Å²) < 4.78 is 10.4. The maximum Gasteiger partial charge on any atom is 0.344 e. The minimum atomic E-state index is -1.15. The third-order valence-electron chi connectivity index (χ3n) is 4.76. The number of carbonyl (C=O) groups excluding carboxylic acids is 3. The number of esters is 1. The summed E-state index contributed by atoms with van der Waals surface area (Å²) in [5.74, 6) is -0.754. The zero-order valence-corrected chi connectivity index (χ0v) is 17.0. The highest BCUT2D eigenvalue weighted by Gasteiger charge is 2.58. The van der Waals surface area contributed by atoms with Crippen LogP contribution < -0.4 is 15.0 Å². The van der Waals surface area contributed by atoms with Gasteiger partial charge in [0, 0.05) is 23.4 Å². The first-order valence-corrected chi connectivity index (χ1v) is 10.1. The predicted molar refractivity (Wildman–Crippen MR) is 109 cm³/mol. The van der Waals surface area contributed by atoms with Gasteiger partial charge in [-0.1, -0.05) is 35.5 Å². The highest BCUT2D eigenvalue weighted by molar-refractivity contribution is 8.02. The van der Waals surface area contributed by atoms with Crippen molar-refractivity contribution >= 4 is 52.5 Å². The lowest BCUT2D eigenvalue weighted by Gasteiger charge is -2.28. The van der Waals surface area contributed by atoms with Crippen LogP contribution in [-0.4, -0.2) is 36.4 Å². The minimum absolute atomic E-state index is 0.128. The fourth-order valence-corrected chi connectivity index (χ4v) is 5.13. The van der Waals surface area contributed by atoms with Gasteiger partial charge in [0.05, 0.1) is 17.8 Å². The molecule has 2 aliphatic heterocycles. The Labute approximate surface area is 176 Å². The van der Waals surface area contributed by atoms with Gasteiger partial charge in [0.1, 0.15) is 5.75 Å². The Bertz CT molecular complexity index is 1010. The third-order valence-corrected chi connectivity index (χ3v) is 6.51. The van der Waals surface area contributed by atoms with Gasteiger partial charge in [0.15, 0.2) is 11.5 Å². The monoisotopic (exact) mass is 432 g/mol. The molecule has 2 aromatic carbocycles. The average molecular weight is 433 g/mol. The quantitative estimate of drug-likeness (QED) is 0.728. The molecular formula is C20H17ClN2O5S. The molecule has 1 fully saturated rings. The zero-order chi connectivity index (χ0) is 20.6. The van der Waals surface area contributed by atoms with Crippen LogP contribution in [0.5, 0.6) is 5.75 Å². The van der Waals surface area contributed by atoms with Crippen molar-refractivity contribution in [1.29, 1.82) is 0 Å². The normalized spacial score (nSPS) is 19.5. The first-order valence-electron chi connectivity index (χ1n) is 8.86. The molecule has 2 aromatic rings. The summed E-state index contributed by atoms with van der Waals surface area (Å²) in [6.07, 6.45) is 0.590. The van der Waals surface area contributed by atoms with Crippen molar-refractivity contribution in [3.05, 3.63) is 47.5 Å². The van der Waals surface area contributed by atoms with E-state index in [1.807, 2.05) is 18.2 Å². The average Bonchev–Trinajstić information content (AvgIpc) is 3.22. The first kappa shape index (κ1) is 19.6. The van der Waals surface area contributed by atoms with E-state index in [9.17, 15) is 14.4 Å². The Hall–Kier alpha value is -2.71. The smallest absolute Gasteiger partial charge is 0.344 e. The molecule has 0 aliphatic carbocycles. The Morgan fingerprint density at radius 3 is 2.83 bits per heavy atom. The molecule has 0 spiro atoms. The summed E-state index contributed by atoms with van der Waals surface area (Å²) in [7, 11) is 1.49. The molecule has 0 bridgehead atoms. The lowest BCUT2D eigenvalue weighted by Crippen LogP contribution is -2.48. The van der Waals surface area contributed by atoms with E-state index in [1.165, 1.54) is 23.8 Å². The minimum Gasteiger partial charge on any atom is -0.495 e. The molecule has 2 heterocycles. The predicted octanol–water partition coefficient (Wildman–Crippen LogP) is 3.46. The number of amides is 2. The number of carbonyl (C=O) groups is 3. The van der Waals surface area contributed by atoms with E-state index < -0.39 is 23.4 Å². The van der Waals surface area contributed by atoms with Crippen molar-refractivity contribution in [1.82, 2.24) is 0 Å². The van der Waals surface area contributed by atoms with Crippen LogP contribution in [0.1, 0.15) is 12.8 Å². The third kappa shape index (κ3) is 3.42. The van der Waals surface area contributed by atoms with Crippen LogP contribution in [0.15, 0.2) is 47.4 Å². The second kappa shape index (κ2) is 7.61. The highest BCUT2D eigenvalue weighted by Crippen LogP contribution is 2.56. The number of anilines is 2. The number of para-hydroxylation sites is 1. The van der Waals surface area contributed by atoms with Crippen molar-refractivity contribution in [2.45, 2.75) is 22.6 Å². The van der Waals surface area contributed by atoms with E-state index in [1.54, 1.807) is 24.3 Å². The van der Waals surface area contributed by atoms with Gasteiger partial charge in [-0.25, -0.2) is 4.79 Å². The SMILES string of the molecule is COc1ccc(NC(=O)COC(=O)[C@@]23CCC(=O)N2c2ccccc2S3)cc1Cl. The highest BCUT2D eigenvalue weighted by atomic mass is 35.5. The van der Waals surface area contributed by atoms with Gasteiger partial charge in [0.25, 0.3) is 5.91 Å². The van der Waals surface area contributed by atoms with Gasteiger partial charge in [-0.2, -0.15) is 0 Å². The lowest BCUT2D eigenvalue weighted by molar-refractivity contribution is -0.149. The molecule has 2 amide bonds. The molecule has 4 rings (SSSR count). The van der Waals surface area contributed by atoms with E-state index in [0.29, 0.717) is 28.6 Å². The summed E-state index contributed by atoms with van der Waals surface area (Å²) in [6, 6.07) is 12.1. The Kier molecular flexibility index (Phi) is 5.14. The number of halogens is 1. The molecule has 9 heteroatoms. The van der Waals surface area contributed by atoms with Gasteiger partial charge in [-0.05, 0) is 30.3 Å². The molecule has 0 unspecified atom stereocenters. The Balaban J connectivity index is 1.43. The van der Waals surface area contributed by atoms with Crippen molar-refractivity contribution in [2.75, 3.05) is 23.9 Å². The van der Waals surface area contributed by atoms with Crippen molar-refractivity contribution in [3.63, 3.8) is 0 Å². The van der Waals surface area contributed by atoms with Crippen LogP contribution in [-0.2, 0) is 19.1 Å². The number of nitrogens with zero attached hydrogens (tertiary/aromatic N) is 1. The Morgan fingerprint density at radius 2 is 2.07 bits per heavy atom. The van der Waals surface area contributed by atoms with Gasteiger partial charge < -0.3 is 14.8 Å². The number of ether oxygens (including phenoxy) is 2. The molecule has 0 aromatic heterocycles. The summed E-state index contributed by atoms with van der Waals surface area (Å²) in [6.45, 7) is -0.469. The molecule has 0 radical (unpaired) electrons. The molecular weight excluding hydrogens is 416 g/mol. The fraction of sp³-hybridized carbons (Fsp3) is 0.250. The van der Waals surface area contributed by atoms with Crippen molar-refractivity contribution in [2.24, 2.45) is 0 Å². The molecule has 2 aliphatic rings. The first-order chi connectivity index (χ1) is 13.9. The fourth-order valence-electron chi connectivity index (χ4n) is 3.46. The number of hydrogen-bond acceptors (Lipinski definition) is 6. The van der Waals surface area contributed by atoms with Crippen molar-refractivity contribution in [3.8, 4) is 5.75 Å². The van der Waals surface area contributed by atoms with Crippen LogP contribution in [0, 0.1) is 0 Å². The molecule has 150 valence electrons. The molecule has 1 atom stereocenters. The van der Waals surface area contributed by atoms with Gasteiger partial charge >= 0.3 is 5.97 Å². The summed E-state index contributed by atoms with van der Waals surface area (Å²) in [5.41, 5.74) is 1.16. The number of fused-ring (bicyclic) bond motifs is 3. The standard InChI is InChI=1S/C20H17ClN2O5S/c1-27-15-7-6-12(10-13(15)21)22-17(24)11-28-19(26)20-9-8-18(25)23(20)14-4-2-3-5-16(14)29-20/h2-7,10H,8-9,11H2,1H3,(H,22,24)/t20-/m0/s1. The van der Waals surface area contributed by atoms with E-state index in [4.69, 9.17) is 21.1 Å². The van der Waals surface area contributed by atoms with E-state index in [0.717, 1.165) is 4.90 Å². The van der Waals surface area contributed by atoms with Gasteiger partial charge in [0.2, 0.25) is 5.91 Å². The van der Waals surface area contributed by atoms with Crippen LogP contribution in [0.25, 0.3) is 0 Å². The summed E-state index contributed by atoms with van der Waals surface area (Å²) in [5, 5.41) is 2.97. The summed E-state index contributed by atoms with van der Waals surface area (Å²) in [4.78, 5) is 38.7. The number of benzene rings is 2. The largest absolute Gasteiger partial charge is 0.495 e. The maximum absolute atomic E-state index is 12.9. The molecule has 29 heavy (non-hydrogen) atoms. The molecule has 1 saturated heterocycles. The number of rotatable bonds is 5. The second-order valence-corrected chi connectivity index (χ2v) is 8.28. The van der Waals surface area contributed by atoms with Crippen LogP contribution in [0.2, 0.25) is 5.02 Å². The van der Waals surface area contributed by atoms with Crippen LogP contribution in [0.4, 0.5) is 11.4 Å². The number of methoxy groups -OCH3 is 1. The molecule has 0 saturated carbocycles. The van der Waals surface area contributed by atoms with E-state index >= 15 is 0 Å². The van der Waals surface area contributed by atoms with Gasteiger partial charge in [-0.3, -0.25) is 14.5 Å². The molecule has 7 nitrogen and oxygen atoms in total. The number of thioether (sulfide) groups is 1. The zero-order valence-electron chi connectivity index (χ0n) is 15.4. The van der Waals surface area contributed by atoms with Crippen LogP contribution in [0.3, 0.4) is 0 Å². The second-order valence-electron chi connectivity index (χ2n) is 6.56. The Morgan fingerprint density at radius 1 is 1.28 bits per heavy atom. The van der Waals surface area contributed by atoms with E-state index in [2.05, 4.69) is 5.32 Å². The van der Waals surface area contributed by atoms with Crippen molar-refractivity contribution < 1.29 is 23.9 Å². The lowest BCUT2D eigenvalue weighted by atomic mass is 10.2. The molecule has 1 N–H and O–H groups in total. The summed E-state index contributed by atoms with van der Waals surface area (Å²) >= 11 is 7.34. The number of nitrogens with one attached hydrogen (secondary N) is 1. The number of hydrogen-bond donors (Lipinski definition) is 1. The topological polar surface area (TPSA) is 84.9 Å². The van der Waals surface area contributed by atoms with Crippen LogP contribution >= 0.6 is 23.4 Å². The maximum atomic E-state index is 12.9. The van der Waals surface area contributed by atoms with Gasteiger partial charge in [-0.15, -0.1) is 0 Å².